The molecule has 0 aliphatic heterocycles. The Balaban J connectivity index is 2.15. The summed E-state index contributed by atoms with van der Waals surface area (Å²) in [6.07, 6.45) is 1.17. The molecular formula is C17H22N2O2S. The maximum atomic E-state index is 11.9. The SMILES string of the molecule is COCCCC(=O)Nc1nc(-c2ccccc2)c(C(C)C)s1. The summed E-state index contributed by atoms with van der Waals surface area (Å²) >= 11 is 1.56. The van der Waals surface area contributed by atoms with Crippen LogP contribution in [-0.2, 0) is 9.53 Å². The van der Waals surface area contributed by atoms with Crippen LogP contribution in [0.4, 0.5) is 5.13 Å². The molecule has 1 heterocycles. The van der Waals surface area contributed by atoms with Crippen LogP contribution in [0.15, 0.2) is 30.3 Å². The second-order valence-corrected chi connectivity index (χ2v) is 6.43. The van der Waals surface area contributed by atoms with Crippen LogP contribution >= 0.6 is 11.3 Å². The fraction of sp³-hybridized carbons (Fsp3) is 0.412. The van der Waals surface area contributed by atoms with E-state index in [0.717, 1.165) is 17.7 Å². The quantitative estimate of drug-likeness (QED) is 0.774. The van der Waals surface area contributed by atoms with Gasteiger partial charge in [-0.1, -0.05) is 44.2 Å². The summed E-state index contributed by atoms with van der Waals surface area (Å²) in [4.78, 5) is 17.7. The van der Waals surface area contributed by atoms with E-state index in [9.17, 15) is 4.79 Å². The number of hydrogen-bond donors (Lipinski definition) is 1. The van der Waals surface area contributed by atoms with Crippen molar-refractivity contribution in [1.29, 1.82) is 0 Å². The molecule has 0 saturated carbocycles. The van der Waals surface area contributed by atoms with Gasteiger partial charge in [-0.3, -0.25) is 4.79 Å². The molecule has 2 rings (SSSR count). The van der Waals surface area contributed by atoms with Gasteiger partial charge in [-0.15, -0.1) is 11.3 Å². The number of carbonyl (C=O) groups excluding carboxylic acids is 1. The number of hydrogen-bond acceptors (Lipinski definition) is 4. The Morgan fingerprint density at radius 1 is 1.32 bits per heavy atom. The molecule has 1 aromatic heterocycles. The smallest absolute Gasteiger partial charge is 0.226 e. The predicted octanol–water partition coefficient (Wildman–Crippen LogP) is 4.30. The summed E-state index contributed by atoms with van der Waals surface area (Å²) in [6, 6.07) is 10.1. The van der Waals surface area contributed by atoms with Crippen molar-refractivity contribution in [3.05, 3.63) is 35.2 Å². The van der Waals surface area contributed by atoms with Gasteiger partial charge in [0, 0.05) is 30.6 Å². The molecule has 0 saturated heterocycles. The number of rotatable bonds is 7. The summed E-state index contributed by atoms with van der Waals surface area (Å²) in [5, 5.41) is 3.57. The van der Waals surface area contributed by atoms with Crippen LogP contribution in [0.2, 0.25) is 0 Å². The molecule has 0 fully saturated rings. The minimum Gasteiger partial charge on any atom is -0.385 e. The standard InChI is InChI=1S/C17H22N2O2S/c1-12(2)16-15(13-8-5-4-6-9-13)19-17(22-16)18-14(20)10-7-11-21-3/h4-6,8-9,12H,7,10-11H2,1-3H3,(H,18,19,20). The van der Waals surface area contributed by atoms with E-state index in [1.54, 1.807) is 18.4 Å². The molecule has 0 radical (unpaired) electrons. The molecule has 4 nitrogen and oxygen atoms in total. The topological polar surface area (TPSA) is 51.2 Å². The van der Waals surface area contributed by atoms with Gasteiger partial charge in [-0.25, -0.2) is 4.98 Å². The normalized spacial score (nSPS) is 10.9. The van der Waals surface area contributed by atoms with E-state index in [1.807, 2.05) is 30.3 Å². The summed E-state index contributed by atoms with van der Waals surface area (Å²) in [5.74, 6) is 0.354. The van der Waals surface area contributed by atoms with Crippen LogP contribution in [0, 0.1) is 0 Å². The van der Waals surface area contributed by atoms with E-state index in [4.69, 9.17) is 4.74 Å². The number of ether oxygens (including phenoxy) is 1. The van der Waals surface area contributed by atoms with Gasteiger partial charge in [-0.2, -0.15) is 0 Å². The highest BCUT2D eigenvalue weighted by molar-refractivity contribution is 7.16. The maximum Gasteiger partial charge on any atom is 0.226 e. The van der Waals surface area contributed by atoms with E-state index < -0.39 is 0 Å². The maximum absolute atomic E-state index is 11.9. The van der Waals surface area contributed by atoms with Crippen LogP contribution in [0.3, 0.4) is 0 Å². The molecule has 22 heavy (non-hydrogen) atoms. The largest absolute Gasteiger partial charge is 0.385 e. The molecule has 1 amide bonds. The van der Waals surface area contributed by atoms with Gasteiger partial charge in [0.25, 0.3) is 0 Å². The Bertz CT molecular complexity index is 608. The van der Waals surface area contributed by atoms with Gasteiger partial charge in [0.1, 0.15) is 0 Å². The Morgan fingerprint density at radius 3 is 2.68 bits per heavy atom. The molecule has 0 atom stereocenters. The number of thiazole rings is 1. The van der Waals surface area contributed by atoms with Crippen molar-refractivity contribution in [2.24, 2.45) is 0 Å². The lowest BCUT2D eigenvalue weighted by atomic mass is 10.1. The van der Waals surface area contributed by atoms with Crippen molar-refractivity contribution >= 4 is 22.4 Å². The molecule has 0 aliphatic rings. The van der Waals surface area contributed by atoms with Crippen LogP contribution < -0.4 is 5.32 Å². The van der Waals surface area contributed by atoms with E-state index in [0.29, 0.717) is 24.1 Å². The van der Waals surface area contributed by atoms with Gasteiger partial charge in [-0.05, 0) is 12.3 Å². The molecule has 0 unspecified atom stereocenters. The van der Waals surface area contributed by atoms with Gasteiger partial charge in [0.15, 0.2) is 5.13 Å². The minimum atomic E-state index is -0.0132. The second kappa shape index (κ2) is 8.06. The van der Waals surface area contributed by atoms with Crippen molar-refractivity contribution in [1.82, 2.24) is 4.98 Å². The Kier molecular flexibility index (Phi) is 6.10. The van der Waals surface area contributed by atoms with Crippen LogP contribution in [0.5, 0.6) is 0 Å². The Labute approximate surface area is 135 Å². The van der Waals surface area contributed by atoms with E-state index in [2.05, 4.69) is 24.1 Å². The zero-order valence-electron chi connectivity index (χ0n) is 13.3. The third-order valence-electron chi connectivity index (χ3n) is 3.22. The van der Waals surface area contributed by atoms with Gasteiger partial charge in [0.05, 0.1) is 5.69 Å². The Morgan fingerprint density at radius 2 is 2.05 bits per heavy atom. The average molecular weight is 318 g/mol. The third kappa shape index (κ3) is 4.39. The monoisotopic (exact) mass is 318 g/mol. The number of aromatic nitrogens is 1. The number of benzene rings is 1. The molecule has 0 bridgehead atoms. The molecule has 0 aliphatic carbocycles. The summed E-state index contributed by atoms with van der Waals surface area (Å²) < 4.78 is 4.96. The molecule has 1 aromatic carbocycles. The van der Waals surface area contributed by atoms with Crippen molar-refractivity contribution in [3.63, 3.8) is 0 Å². The first-order chi connectivity index (χ1) is 10.6. The number of nitrogens with zero attached hydrogens (tertiary/aromatic N) is 1. The first-order valence-corrected chi connectivity index (χ1v) is 8.28. The van der Waals surface area contributed by atoms with Crippen molar-refractivity contribution < 1.29 is 9.53 Å². The van der Waals surface area contributed by atoms with Crippen molar-refractivity contribution in [3.8, 4) is 11.3 Å². The molecule has 0 spiro atoms. The van der Waals surface area contributed by atoms with E-state index in [1.165, 1.54) is 4.88 Å². The second-order valence-electron chi connectivity index (χ2n) is 5.40. The predicted molar refractivity (Wildman–Crippen MR) is 91.4 cm³/mol. The highest BCUT2D eigenvalue weighted by Crippen LogP contribution is 2.36. The number of nitrogens with one attached hydrogen (secondary N) is 1. The number of anilines is 1. The Hall–Kier alpha value is -1.72. The lowest BCUT2D eigenvalue weighted by Crippen LogP contribution is -2.11. The molecule has 1 N–H and O–H groups in total. The van der Waals surface area contributed by atoms with Crippen molar-refractivity contribution in [2.45, 2.75) is 32.6 Å². The van der Waals surface area contributed by atoms with Gasteiger partial charge >= 0.3 is 0 Å². The molecule has 2 aromatic rings. The highest BCUT2D eigenvalue weighted by Gasteiger charge is 2.16. The molecule has 5 heteroatoms. The zero-order valence-corrected chi connectivity index (χ0v) is 14.1. The molecule has 118 valence electrons. The van der Waals surface area contributed by atoms with E-state index >= 15 is 0 Å². The third-order valence-corrected chi connectivity index (χ3v) is 4.49. The lowest BCUT2D eigenvalue weighted by Gasteiger charge is -2.04. The van der Waals surface area contributed by atoms with Crippen LogP contribution in [0.1, 0.15) is 37.5 Å². The lowest BCUT2D eigenvalue weighted by molar-refractivity contribution is -0.116. The number of methoxy groups -OCH3 is 1. The summed E-state index contributed by atoms with van der Waals surface area (Å²) in [6.45, 7) is 4.88. The number of amides is 1. The number of carbonyl (C=O) groups is 1. The van der Waals surface area contributed by atoms with E-state index in [-0.39, 0.29) is 5.91 Å². The zero-order chi connectivity index (χ0) is 15.9. The first kappa shape index (κ1) is 16.6. The first-order valence-electron chi connectivity index (χ1n) is 7.46. The minimum absolute atomic E-state index is 0.0132. The van der Waals surface area contributed by atoms with Crippen LogP contribution in [-0.4, -0.2) is 24.6 Å². The summed E-state index contributed by atoms with van der Waals surface area (Å²) in [7, 11) is 1.64. The summed E-state index contributed by atoms with van der Waals surface area (Å²) in [5.41, 5.74) is 2.05. The highest BCUT2D eigenvalue weighted by atomic mass is 32.1. The average Bonchev–Trinajstić information content (AvgIpc) is 2.92. The van der Waals surface area contributed by atoms with Crippen molar-refractivity contribution in [2.75, 3.05) is 19.0 Å². The molecular weight excluding hydrogens is 296 g/mol. The van der Waals surface area contributed by atoms with Gasteiger partial charge in [0.2, 0.25) is 5.91 Å². The fourth-order valence-electron chi connectivity index (χ4n) is 2.14. The van der Waals surface area contributed by atoms with Crippen LogP contribution in [0.25, 0.3) is 11.3 Å². The fourth-order valence-corrected chi connectivity index (χ4v) is 3.14. The van der Waals surface area contributed by atoms with Gasteiger partial charge < -0.3 is 10.1 Å².